The van der Waals surface area contributed by atoms with Gasteiger partial charge in [-0.3, -0.25) is 0 Å². The summed E-state index contributed by atoms with van der Waals surface area (Å²) >= 11 is 0. The fourth-order valence-electron chi connectivity index (χ4n) is 4.01. The number of fused-ring (bicyclic) bond motifs is 1. The molecule has 0 heterocycles. The average Bonchev–Trinajstić information content (AvgIpc) is 2.81. The zero-order valence-electron chi connectivity index (χ0n) is 16.3. The summed E-state index contributed by atoms with van der Waals surface area (Å²) < 4.78 is 0. The summed E-state index contributed by atoms with van der Waals surface area (Å²) in [5.74, 6) is 0. The van der Waals surface area contributed by atoms with Crippen LogP contribution in [0.1, 0.15) is 18.4 Å². The van der Waals surface area contributed by atoms with Crippen LogP contribution >= 0.6 is 0 Å². The summed E-state index contributed by atoms with van der Waals surface area (Å²) in [7, 11) is 0. The van der Waals surface area contributed by atoms with Crippen LogP contribution in [0.5, 0.6) is 0 Å². The molecular weight excluding hydrogens is 350 g/mol. The number of para-hydroxylation sites is 1. The third kappa shape index (κ3) is 3.60. The lowest BCUT2D eigenvalue weighted by atomic mass is 9.94. The number of benzene rings is 4. The highest BCUT2D eigenvalue weighted by Gasteiger charge is 2.09. The van der Waals surface area contributed by atoms with Crippen molar-refractivity contribution in [3.8, 4) is 11.1 Å². The van der Waals surface area contributed by atoms with Crippen molar-refractivity contribution < 1.29 is 0 Å². The smallest absolute Gasteiger partial charge is 0.0464 e. The molecule has 0 aromatic heterocycles. The molecule has 1 N–H and O–H groups in total. The minimum Gasteiger partial charge on any atom is -0.355 e. The van der Waals surface area contributed by atoms with Gasteiger partial charge in [-0.15, -0.1) is 0 Å². The van der Waals surface area contributed by atoms with Crippen molar-refractivity contribution in [1.82, 2.24) is 0 Å². The summed E-state index contributed by atoms with van der Waals surface area (Å²) in [6.07, 6.45) is 9.10. The second-order valence-corrected chi connectivity index (χ2v) is 7.41. The van der Waals surface area contributed by atoms with E-state index in [1.54, 1.807) is 0 Å². The lowest BCUT2D eigenvalue weighted by Crippen LogP contribution is -1.92. The second-order valence-electron chi connectivity index (χ2n) is 7.41. The molecule has 1 nitrogen and oxygen atoms in total. The van der Waals surface area contributed by atoms with Crippen LogP contribution in [-0.2, 0) is 0 Å². The first-order valence-electron chi connectivity index (χ1n) is 10.2. The third-order valence-electron chi connectivity index (χ3n) is 5.50. The molecule has 29 heavy (non-hydrogen) atoms. The first-order chi connectivity index (χ1) is 14.4. The van der Waals surface area contributed by atoms with E-state index in [1.165, 1.54) is 33.0 Å². The molecule has 1 aliphatic carbocycles. The van der Waals surface area contributed by atoms with Gasteiger partial charge in [0.25, 0.3) is 0 Å². The van der Waals surface area contributed by atoms with Crippen LogP contribution < -0.4 is 5.32 Å². The summed E-state index contributed by atoms with van der Waals surface area (Å²) in [5, 5.41) is 6.06. The fraction of sp³-hybridized carbons (Fsp3) is 0.0714. The summed E-state index contributed by atoms with van der Waals surface area (Å²) in [4.78, 5) is 0. The molecule has 4 aromatic carbocycles. The molecule has 0 amide bonds. The van der Waals surface area contributed by atoms with Crippen molar-refractivity contribution in [2.45, 2.75) is 12.8 Å². The second kappa shape index (κ2) is 7.81. The molecule has 0 saturated heterocycles. The van der Waals surface area contributed by atoms with Crippen molar-refractivity contribution in [2.24, 2.45) is 0 Å². The number of hydrogen-bond donors (Lipinski definition) is 1. The summed E-state index contributed by atoms with van der Waals surface area (Å²) in [5.41, 5.74) is 7.36. The Balaban J connectivity index is 1.53. The number of allylic oxidation sites excluding steroid dienone is 4. The Morgan fingerprint density at radius 3 is 2.07 bits per heavy atom. The third-order valence-corrected chi connectivity index (χ3v) is 5.50. The van der Waals surface area contributed by atoms with E-state index < -0.39 is 0 Å². The molecule has 0 atom stereocenters. The van der Waals surface area contributed by atoms with E-state index in [-0.39, 0.29) is 0 Å². The maximum Gasteiger partial charge on any atom is 0.0464 e. The van der Waals surface area contributed by atoms with E-state index in [0.717, 1.165) is 24.2 Å². The monoisotopic (exact) mass is 373 g/mol. The average molecular weight is 373 g/mol. The van der Waals surface area contributed by atoms with E-state index in [9.17, 15) is 0 Å². The van der Waals surface area contributed by atoms with Crippen molar-refractivity contribution in [3.05, 3.63) is 115 Å². The molecule has 0 saturated carbocycles. The molecule has 4 aromatic rings. The van der Waals surface area contributed by atoms with Crippen molar-refractivity contribution in [3.63, 3.8) is 0 Å². The van der Waals surface area contributed by atoms with Gasteiger partial charge in [0.1, 0.15) is 0 Å². The van der Waals surface area contributed by atoms with Gasteiger partial charge in [-0.1, -0.05) is 91.0 Å². The predicted octanol–water partition coefficient (Wildman–Crippen LogP) is 7.98. The van der Waals surface area contributed by atoms with E-state index in [1.807, 2.05) is 6.07 Å². The van der Waals surface area contributed by atoms with Gasteiger partial charge >= 0.3 is 0 Å². The standard InChI is InChI=1S/C28H23N/c1-3-9-21(10-4-1)22-15-17-23(18-16-22)25-19-20-28(27-14-8-7-13-26(25)27)29-24-11-5-2-6-12-24/h2-3,5-20,29H,1,4H2. The molecule has 0 bridgehead atoms. The largest absolute Gasteiger partial charge is 0.355 e. The first kappa shape index (κ1) is 17.5. The maximum absolute atomic E-state index is 3.56. The number of hydrogen-bond acceptors (Lipinski definition) is 1. The van der Waals surface area contributed by atoms with E-state index in [4.69, 9.17) is 0 Å². The van der Waals surface area contributed by atoms with Gasteiger partial charge in [-0.2, -0.15) is 0 Å². The van der Waals surface area contributed by atoms with E-state index in [0.29, 0.717) is 0 Å². The number of rotatable bonds is 4. The molecule has 140 valence electrons. The van der Waals surface area contributed by atoms with Crippen LogP contribution in [-0.4, -0.2) is 0 Å². The predicted molar refractivity (Wildman–Crippen MR) is 125 cm³/mol. The lowest BCUT2D eigenvalue weighted by Gasteiger charge is -2.14. The number of anilines is 2. The molecular formula is C28H23N. The number of nitrogens with one attached hydrogen (secondary N) is 1. The Hall–Kier alpha value is -3.58. The Kier molecular flexibility index (Phi) is 4.72. The van der Waals surface area contributed by atoms with Crippen LogP contribution in [0.3, 0.4) is 0 Å². The minimum atomic E-state index is 1.10. The SMILES string of the molecule is C1=CC(c2ccc(-c3ccc(Nc4ccccc4)c4ccccc34)cc2)=CCC1. The maximum atomic E-state index is 3.56. The van der Waals surface area contributed by atoms with Gasteiger partial charge in [0.15, 0.2) is 0 Å². The molecule has 0 fully saturated rings. The highest BCUT2D eigenvalue weighted by Crippen LogP contribution is 2.35. The Bertz CT molecular complexity index is 1200. The van der Waals surface area contributed by atoms with Crippen LogP contribution in [0.2, 0.25) is 0 Å². The van der Waals surface area contributed by atoms with Gasteiger partial charge < -0.3 is 5.32 Å². The zero-order valence-corrected chi connectivity index (χ0v) is 16.3. The first-order valence-corrected chi connectivity index (χ1v) is 10.2. The molecule has 0 spiro atoms. The van der Waals surface area contributed by atoms with Crippen LogP contribution in [0.15, 0.2) is 109 Å². The quantitative estimate of drug-likeness (QED) is 0.382. The normalized spacial score (nSPS) is 13.3. The Morgan fingerprint density at radius 1 is 0.586 bits per heavy atom. The van der Waals surface area contributed by atoms with E-state index >= 15 is 0 Å². The molecule has 1 aliphatic rings. The van der Waals surface area contributed by atoms with Gasteiger partial charge in [0, 0.05) is 16.8 Å². The summed E-state index contributed by atoms with van der Waals surface area (Å²) in [6.45, 7) is 0. The lowest BCUT2D eigenvalue weighted by molar-refractivity contribution is 1.04. The van der Waals surface area contributed by atoms with Gasteiger partial charge in [0.2, 0.25) is 0 Å². The topological polar surface area (TPSA) is 12.0 Å². The van der Waals surface area contributed by atoms with Crippen LogP contribution in [0.25, 0.3) is 27.5 Å². The van der Waals surface area contributed by atoms with Gasteiger partial charge in [0.05, 0.1) is 0 Å². The zero-order chi connectivity index (χ0) is 19.5. The fourth-order valence-corrected chi connectivity index (χ4v) is 4.01. The Morgan fingerprint density at radius 2 is 1.31 bits per heavy atom. The Labute approximate surface area is 172 Å². The minimum absolute atomic E-state index is 1.10. The van der Waals surface area contributed by atoms with E-state index in [2.05, 4.69) is 108 Å². The molecule has 5 rings (SSSR count). The van der Waals surface area contributed by atoms with Crippen molar-refractivity contribution in [2.75, 3.05) is 5.32 Å². The molecule has 1 heteroatoms. The summed E-state index contributed by atoms with van der Waals surface area (Å²) in [6, 6.07) is 32.3. The van der Waals surface area contributed by atoms with Crippen molar-refractivity contribution >= 4 is 27.7 Å². The molecule has 0 unspecified atom stereocenters. The van der Waals surface area contributed by atoms with Crippen molar-refractivity contribution in [1.29, 1.82) is 0 Å². The molecule has 0 radical (unpaired) electrons. The molecule has 0 aliphatic heterocycles. The van der Waals surface area contributed by atoms with Gasteiger partial charge in [-0.05, 0) is 58.7 Å². The highest BCUT2D eigenvalue weighted by atomic mass is 14.9. The highest BCUT2D eigenvalue weighted by molar-refractivity contribution is 6.04. The van der Waals surface area contributed by atoms with Crippen LogP contribution in [0, 0.1) is 0 Å². The van der Waals surface area contributed by atoms with Crippen LogP contribution in [0.4, 0.5) is 11.4 Å². The van der Waals surface area contributed by atoms with Gasteiger partial charge in [-0.25, -0.2) is 0 Å².